The van der Waals surface area contributed by atoms with Gasteiger partial charge in [-0.2, -0.15) is 0 Å². The topological polar surface area (TPSA) is 95.6 Å². The lowest BCUT2D eigenvalue weighted by atomic mass is 10.1. The summed E-state index contributed by atoms with van der Waals surface area (Å²) in [4.78, 5) is 11.9. The molecule has 98 valence electrons. The molecule has 0 saturated heterocycles. The number of nitrogen functional groups attached to an aromatic ring is 1. The Morgan fingerprint density at radius 2 is 1.84 bits per heavy atom. The number of para-hydroxylation sites is 1. The number of rotatable bonds is 3. The number of nitrogens with one attached hydrogen (secondary N) is 1. The van der Waals surface area contributed by atoms with Crippen LogP contribution in [0.2, 0.25) is 0 Å². The maximum atomic E-state index is 11.9. The molecule has 0 aromatic heterocycles. The molecule has 0 aliphatic carbocycles. The molecule has 2 aromatic carbocycles. The van der Waals surface area contributed by atoms with Crippen molar-refractivity contribution in [3.8, 4) is 11.5 Å². The fourth-order valence-corrected chi connectivity index (χ4v) is 1.67. The highest BCUT2D eigenvalue weighted by Crippen LogP contribution is 2.20. The van der Waals surface area contributed by atoms with Crippen LogP contribution in [0.1, 0.15) is 15.9 Å². The Balaban J connectivity index is 2.10. The van der Waals surface area contributed by atoms with E-state index in [0.29, 0.717) is 11.3 Å². The second-order valence-electron chi connectivity index (χ2n) is 4.09. The van der Waals surface area contributed by atoms with Crippen LogP contribution in [-0.2, 0) is 6.54 Å². The molecule has 0 aliphatic heterocycles. The van der Waals surface area contributed by atoms with E-state index in [1.165, 1.54) is 18.2 Å². The molecule has 0 atom stereocenters. The van der Waals surface area contributed by atoms with Gasteiger partial charge in [-0.25, -0.2) is 0 Å². The van der Waals surface area contributed by atoms with E-state index in [9.17, 15) is 15.0 Å². The molecular weight excluding hydrogens is 244 g/mol. The molecule has 1 amide bonds. The van der Waals surface area contributed by atoms with E-state index in [1.807, 2.05) is 0 Å². The molecule has 0 aliphatic rings. The molecule has 0 spiro atoms. The van der Waals surface area contributed by atoms with Crippen LogP contribution >= 0.6 is 0 Å². The van der Waals surface area contributed by atoms with E-state index in [1.54, 1.807) is 24.3 Å². The number of aromatic hydroxyl groups is 2. The van der Waals surface area contributed by atoms with Gasteiger partial charge in [-0.1, -0.05) is 18.2 Å². The lowest BCUT2D eigenvalue weighted by Crippen LogP contribution is -2.23. The summed E-state index contributed by atoms with van der Waals surface area (Å²) in [5, 5.41) is 21.8. The predicted molar refractivity (Wildman–Crippen MR) is 71.8 cm³/mol. The third kappa shape index (κ3) is 2.95. The van der Waals surface area contributed by atoms with E-state index in [2.05, 4.69) is 5.32 Å². The number of nitrogens with two attached hydrogens (primary N) is 1. The Labute approximate surface area is 110 Å². The summed E-state index contributed by atoms with van der Waals surface area (Å²) in [6.45, 7) is 0.166. The van der Waals surface area contributed by atoms with Gasteiger partial charge in [0.25, 0.3) is 5.91 Å². The summed E-state index contributed by atoms with van der Waals surface area (Å²) in [7, 11) is 0. The number of carbonyl (C=O) groups is 1. The van der Waals surface area contributed by atoms with Crippen molar-refractivity contribution in [3.63, 3.8) is 0 Å². The van der Waals surface area contributed by atoms with Gasteiger partial charge in [-0.05, 0) is 24.3 Å². The summed E-state index contributed by atoms with van der Waals surface area (Å²) < 4.78 is 0. The molecule has 5 heteroatoms. The lowest BCUT2D eigenvalue weighted by molar-refractivity contribution is 0.0948. The average Bonchev–Trinajstić information content (AvgIpc) is 2.40. The largest absolute Gasteiger partial charge is 0.508 e. The summed E-state index contributed by atoms with van der Waals surface area (Å²) in [6, 6.07) is 11.0. The number of phenols is 2. The third-order valence-corrected chi connectivity index (χ3v) is 2.70. The van der Waals surface area contributed by atoms with Crippen molar-refractivity contribution in [3.05, 3.63) is 53.6 Å². The van der Waals surface area contributed by atoms with Crippen molar-refractivity contribution in [1.29, 1.82) is 0 Å². The van der Waals surface area contributed by atoms with Crippen LogP contribution in [0.5, 0.6) is 11.5 Å². The maximum absolute atomic E-state index is 11.9. The van der Waals surface area contributed by atoms with E-state index in [0.717, 1.165) is 0 Å². The summed E-state index contributed by atoms with van der Waals surface area (Å²) in [6.07, 6.45) is 0. The first-order valence-corrected chi connectivity index (χ1v) is 5.71. The summed E-state index contributed by atoms with van der Waals surface area (Å²) in [5.41, 5.74) is 6.66. The number of hydrogen-bond donors (Lipinski definition) is 4. The Morgan fingerprint density at radius 3 is 2.58 bits per heavy atom. The molecule has 0 fully saturated rings. The number of hydrogen-bond acceptors (Lipinski definition) is 4. The standard InChI is InChI=1S/C14H14N2O3/c15-10-5-6-13(18)11(7-10)14(19)16-8-9-3-1-2-4-12(9)17/h1-7,17-18H,8,15H2,(H,16,19). The number of carbonyl (C=O) groups excluding carboxylic acids is 1. The second-order valence-corrected chi connectivity index (χ2v) is 4.09. The van der Waals surface area contributed by atoms with Crippen molar-refractivity contribution >= 4 is 11.6 Å². The molecule has 0 unspecified atom stereocenters. The van der Waals surface area contributed by atoms with Crippen LogP contribution in [-0.4, -0.2) is 16.1 Å². The van der Waals surface area contributed by atoms with Gasteiger partial charge in [-0.3, -0.25) is 4.79 Å². The molecule has 19 heavy (non-hydrogen) atoms. The zero-order valence-electron chi connectivity index (χ0n) is 10.1. The normalized spacial score (nSPS) is 10.1. The fraction of sp³-hybridized carbons (Fsp3) is 0.0714. The van der Waals surface area contributed by atoms with Gasteiger partial charge in [0.1, 0.15) is 11.5 Å². The van der Waals surface area contributed by atoms with Crippen LogP contribution in [0.15, 0.2) is 42.5 Å². The Kier molecular flexibility index (Phi) is 3.56. The van der Waals surface area contributed by atoms with E-state index in [4.69, 9.17) is 5.73 Å². The van der Waals surface area contributed by atoms with Gasteiger partial charge < -0.3 is 21.3 Å². The third-order valence-electron chi connectivity index (χ3n) is 2.70. The smallest absolute Gasteiger partial charge is 0.255 e. The fourth-order valence-electron chi connectivity index (χ4n) is 1.67. The summed E-state index contributed by atoms with van der Waals surface area (Å²) >= 11 is 0. The first-order valence-electron chi connectivity index (χ1n) is 5.71. The quantitative estimate of drug-likeness (QED) is 0.497. The molecule has 0 bridgehead atoms. The molecule has 5 N–H and O–H groups in total. The van der Waals surface area contributed by atoms with Gasteiger partial charge in [0.15, 0.2) is 0 Å². The highest BCUT2D eigenvalue weighted by Gasteiger charge is 2.11. The zero-order chi connectivity index (χ0) is 13.8. The minimum Gasteiger partial charge on any atom is -0.508 e. The second kappa shape index (κ2) is 5.30. The van der Waals surface area contributed by atoms with Crippen LogP contribution in [0.3, 0.4) is 0 Å². The number of phenolic OH excluding ortho intramolecular Hbond substituents is 2. The maximum Gasteiger partial charge on any atom is 0.255 e. The van der Waals surface area contributed by atoms with Gasteiger partial charge in [0.05, 0.1) is 5.56 Å². The molecule has 5 nitrogen and oxygen atoms in total. The molecule has 0 radical (unpaired) electrons. The Bertz CT molecular complexity index is 611. The lowest BCUT2D eigenvalue weighted by Gasteiger charge is -2.08. The first kappa shape index (κ1) is 12.8. The number of benzene rings is 2. The van der Waals surface area contributed by atoms with E-state index >= 15 is 0 Å². The molecule has 2 rings (SSSR count). The van der Waals surface area contributed by atoms with E-state index in [-0.39, 0.29) is 23.6 Å². The van der Waals surface area contributed by atoms with Crippen molar-refractivity contribution in [2.45, 2.75) is 6.54 Å². The minimum absolute atomic E-state index is 0.107. The first-order chi connectivity index (χ1) is 9.08. The highest BCUT2D eigenvalue weighted by atomic mass is 16.3. The van der Waals surface area contributed by atoms with Crippen molar-refractivity contribution in [2.24, 2.45) is 0 Å². The SMILES string of the molecule is Nc1ccc(O)c(C(=O)NCc2ccccc2O)c1. The van der Waals surface area contributed by atoms with Crippen molar-refractivity contribution < 1.29 is 15.0 Å². The van der Waals surface area contributed by atoms with Crippen LogP contribution in [0, 0.1) is 0 Å². The van der Waals surface area contributed by atoms with Gasteiger partial charge in [0.2, 0.25) is 0 Å². The predicted octanol–water partition coefficient (Wildman–Crippen LogP) is 1.61. The molecular formula is C14H14N2O3. The van der Waals surface area contributed by atoms with Gasteiger partial charge in [0, 0.05) is 17.8 Å². The molecule has 2 aromatic rings. The highest BCUT2D eigenvalue weighted by molar-refractivity contribution is 5.97. The Hall–Kier alpha value is -2.69. The molecule has 0 heterocycles. The average molecular weight is 258 g/mol. The minimum atomic E-state index is -0.451. The zero-order valence-corrected chi connectivity index (χ0v) is 10.1. The van der Waals surface area contributed by atoms with Gasteiger partial charge >= 0.3 is 0 Å². The van der Waals surface area contributed by atoms with Crippen molar-refractivity contribution in [2.75, 3.05) is 5.73 Å². The number of amides is 1. The number of anilines is 1. The monoisotopic (exact) mass is 258 g/mol. The van der Waals surface area contributed by atoms with Gasteiger partial charge in [-0.15, -0.1) is 0 Å². The van der Waals surface area contributed by atoms with E-state index < -0.39 is 5.91 Å². The molecule has 0 saturated carbocycles. The summed E-state index contributed by atoms with van der Waals surface area (Å²) in [5.74, 6) is -0.475. The van der Waals surface area contributed by atoms with Crippen molar-refractivity contribution in [1.82, 2.24) is 5.32 Å². The van der Waals surface area contributed by atoms with Crippen LogP contribution in [0.25, 0.3) is 0 Å². The van der Waals surface area contributed by atoms with Crippen LogP contribution < -0.4 is 11.1 Å². The van der Waals surface area contributed by atoms with Crippen LogP contribution in [0.4, 0.5) is 5.69 Å². The Morgan fingerprint density at radius 1 is 1.11 bits per heavy atom.